The Balaban J connectivity index is 1.77. The van der Waals surface area contributed by atoms with E-state index in [1.54, 1.807) is 4.68 Å². The van der Waals surface area contributed by atoms with Gasteiger partial charge in [0.2, 0.25) is 0 Å². The first-order valence-electron chi connectivity index (χ1n) is 6.73. The van der Waals surface area contributed by atoms with Gasteiger partial charge in [0.25, 0.3) is 0 Å². The average Bonchev–Trinajstić information content (AvgIpc) is 3.09. The van der Waals surface area contributed by atoms with E-state index in [-0.39, 0.29) is 0 Å². The first kappa shape index (κ1) is 13.5. The molecular weight excluding hydrogens is 266 g/mol. The molecule has 0 saturated carbocycles. The summed E-state index contributed by atoms with van der Waals surface area (Å²) in [6.45, 7) is 4.26. The van der Waals surface area contributed by atoms with E-state index in [1.165, 1.54) is 0 Å². The Labute approximate surface area is 122 Å². The SMILES string of the molecule is CC(C)(N)c1cn(Cc2cc(-c3ccccc3)no2)nn1. The third-order valence-electron chi connectivity index (χ3n) is 3.15. The predicted molar refractivity (Wildman–Crippen MR) is 78.3 cm³/mol. The zero-order valence-corrected chi connectivity index (χ0v) is 12.0. The van der Waals surface area contributed by atoms with Crippen LogP contribution in [0.3, 0.4) is 0 Å². The van der Waals surface area contributed by atoms with Crippen molar-refractivity contribution in [2.24, 2.45) is 5.73 Å². The summed E-state index contributed by atoms with van der Waals surface area (Å²) in [5.74, 6) is 0.722. The Bertz CT molecular complexity index is 724. The van der Waals surface area contributed by atoms with E-state index in [0.29, 0.717) is 6.54 Å². The number of hydrogen-bond donors (Lipinski definition) is 1. The molecule has 0 radical (unpaired) electrons. The molecule has 3 rings (SSSR count). The highest BCUT2D eigenvalue weighted by atomic mass is 16.5. The van der Waals surface area contributed by atoms with Gasteiger partial charge in [0.15, 0.2) is 5.76 Å². The van der Waals surface area contributed by atoms with Crippen LogP contribution in [0.2, 0.25) is 0 Å². The molecule has 0 amide bonds. The van der Waals surface area contributed by atoms with Gasteiger partial charge in [-0.2, -0.15) is 0 Å². The highest BCUT2D eigenvalue weighted by Crippen LogP contribution is 2.19. The smallest absolute Gasteiger partial charge is 0.158 e. The van der Waals surface area contributed by atoms with Gasteiger partial charge in [0, 0.05) is 11.6 Å². The van der Waals surface area contributed by atoms with E-state index < -0.39 is 5.54 Å². The van der Waals surface area contributed by atoms with Crippen LogP contribution in [0.25, 0.3) is 11.3 Å². The van der Waals surface area contributed by atoms with Crippen molar-refractivity contribution in [2.45, 2.75) is 25.9 Å². The second-order valence-corrected chi connectivity index (χ2v) is 5.57. The summed E-state index contributed by atoms with van der Waals surface area (Å²) in [4.78, 5) is 0. The molecule has 2 heterocycles. The van der Waals surface area contributed by atoms with Crippen molar-refractivity contribution in [1.82, 2.24) is 20.2 Å². The van der Waals surface area contributed by atoms with Crippen LogP contribution < -0.4 is 5.73 Å². The van der Waals surface area contributed by atoms with E-state index >= 15 is 0 Å². The zero-order valence-electron chi connectivity index (χ0n) is 12.0. The summed E-state index contributed by atoms with van der Waals surface area (Å²) in [6, 6.07) is 11.8. The molecule has 3 aromatic rings. The van der Waals surface area contributed by atoms with Gasteiger partial charge in [-0.05, 0) is 13.8 Å². The second kappa shape index (κ2) is 5.14. The second-order valence-electron chi connectivity index (χ2n) is 5.57. The summed E-state index contributed by atoms with van der Waals surface area (Å²) < 4.78 is 7.04. The molecule has 108 valence electrons. The maximum absolute atomic E-state index is 5.99. The molecule has 0 aliphatic rings. The molecule has 0 atom stereocenters. The highest BCUT2D eigenvalue weighted by Gasteiger charge is 2.18. The van der Waals surface area contributed by atoms with Gasteiger partial charge in [-0.1, -0.05) is 40.7 Å². The molecule has 0 spiro atoms. The summed E-state index contributed by atoms with van der Waals surface area (Å²) in [5, 5.41) is 12.2. The Hall–Kier alpha value is -2.47. The van der Waals surface area contributed by atoms with Gasteiger partial charge in [0.1, 0.15) is 17.9 Å². The molecule has 0 fully saturated rings. The first-order chi connectivity index (χ1) is 10.0. The molecule has 2 N–H and O–H groups in total. The summed E-state index contributed by atoms with van der Waals surface area (Å²) in [5.41, 5.74) is 8.06. The Morgan fingerprint density at radius 3 is 2.67 bits per heavy atom. The fourth-order valence-corrected chi connectivity index (χ4v) is 1.96. The van der Waals surface area contributed by atoms with E-state index in [0.717, 1.165) is 22.7 Å². The number of aromatic nitrogens is 4. The summed E-state index contributed by atoms with van der Waals surface area (Å²) in [6.07, 6.45) is 1.82. The quantitative estimate of drug-likeness (QED) is 0.793. The Kier molecular flexibility index (Phi) is 3.31. The maximum Gasteiger partial charge on any atom is 0.158 e. The molecule has 0 aliphatic carbocycles. The summed E-state index contributed by atoms with van der Waals surface area (Å²) in [7, 11) is 0. The van der Waals surface area contributed by atoms with E-state index in [4.69, 9.17) is 10.3 Å². The highest BCUT2D eigenvalue weighted by molar-refractivity contribution is 5.58. The number of benzene rings is 1. The fraction of sp³-hybridized carbons (Fsp3) is 0.267. The largest absolute Gasteiger partial charge is 0.359 e. The summed E-state index contributed by atoms with van der Waals surface area (Å²) >= 11 is 0. The molecule has 6 nitrogen and oxygen atoms in total. The lowest BCUT2D eigenvalue weighted by Gasteiger charge is -2.13. The number of nitrogens with zero attached hydrogens (tertiary/aromatic N) is 4. The monoisotopic (exact) mass is 283 g/mol. The van der Waals surface area contributed by atoms with E-state index in [9.17, 15) is 0 Å². The van der Waals surface area contributed by atoms with Crippen LogP contribution in [0.5, 0.6) is 0 Å². The topological polar surface area (TPSA) is 82.8 Å². The van der Waals surface area contributed by atoms with Crippen molar-refractivity contribution in [1.29, 1.82) is 0 Å². The molecule has 6 heteroatoms. The van der Waals surface area contributed by atoms with Crippen molar-refractivity contribution in [3.05, 3.63) is 54.0 Å². The third kappa shape index (κ3) is 3.00. The predicted octanol–water partition coefficient (Wildman–Crippen LogP) is 2.18. The minimum absolute atomic E-state index is 0.475. The van der Waals surface area contributed by atoms with Crippen molar-refractivity contribution in [2.75, 3.05) is 0 Å². The lowest BCUT2D eigenvalue weighted by Crippen LogP contribution is -2.29. The third-order valence-corrected chi connectivity index (χ3v) is 3.15. The van der Waals surface area contributed by atoms with Gasteiger partial charge in [-0.3, -0.25) is 0 Å². The maximum atomic E-state index is 5.99. The average molecular weight is 283 g/mol. The van der Waals surface area contributed by atoms with Crippen LogP contribution >= 0.6 is 0 Å². The molecular formula is C15H17N5O. The lowest BCUT2D eigenvalue weighted by atomic mass is 10.0. The van der Waals surface area contributed by atoms with Crippen LogP contribution in [-0.4, -0.2) is 20.2 Å². The van der Waals surface area contributed by atoms with E-state index in [1.807, 2.05) is 56.4 Å². The standard InChI is InChI=1S/C15H17N5O/c1-15(2,16)14-10-20(19-17-14)9-12-8-13(18-21-12)11-6-4-3-5-7-11/h3-8,10H,9,16H2,1-2H3. The Morgan fingerprint density at radius 1 is 1.24 bits per heavy atom. The van der Waals surface area contributed by atoms with Crippen LogP contribution in [0.1, 0.15) is 25.3 Å². The minimum Gasteiger partial charge on any atom is -0.359 e. The molecule has 21 heavy (non-hydrogen) atoms. The van der Waals surface area contributed by atoms with Gasteiger partial charge in [0.05, 0.1) is 11.7 Å². The number of nitrogens with two attached hydrogens (primary N) is 1. The first-order valence-corrected chi connectivity index (χ1v) is 6.73. The fourth-order valence-electron chi connectivity index (χ4n) is 1.96. The molecule has 0 unspecified atom stereocenters. The Morgan fingerprint density at radius 2 is 2.00 bits per heavy atom. The molecule has 2 aromatic heterocycles. The number of rotatable bonds is 4. The van der Waals surface area contributed by atoms with Gasteiger partial charge in [-0.25, -0.2) is 4.68 Å². The lowest BCUT2D eigenvalue weighted by molar-refractivity contribution is 0.372. The van der Waals surface area contributed by atoms with Crippen LogP contribution in [0.4, 0.5) is 0 Å². The van der Waals surface area contributed by atoms with Crippen LogP contribution in [0.15, 0.2) is 47.1 Å². The molecule has 0 bridgehead atoms. The normalized spacial score (nSPS) is 11.8. The van der Waals surface area contributed by atoms with Gasteiger partial charge in [-0.15, -0.1) is 5.10 Å². The zero-order chi connectivity index (χ0) is 14.9. The van der Waals surface area contributed by atoms with Gasteiger partial charge >= 0.3 is 0 Å². The van der Waals surface area contributed by atoms with Crippen LogP contribution in [-0.2, 0) is 12.1 Å². The molecule has 0 saturated heterocycles. The van der Waals surface area contributed by atoms with E-state index in [2.05, 4.69) is 15.5 Å². The molecule has 1 aromatic carbocycles. The minimum atomic E-state index is -0.505. The van der Waals surface area contributed by atoms with Crippen molar-refractivity contribution < 1.29 is 4.52 Å². The van der Waals surface area contributed by atoms with Crippen molar-refractivity contribution in [3.8, 4) is 11.3 Å². The van der Waals surface area contributed by atoms with Crippen molar-refractivity contribution in [3.63, 3.8) is 0 Å². The van der Waals surface area contributed by atoms with Crippen LogP contribution in [0, 0.1) is 0 Å². The number of hydrogen-bond acceptors (Lipinski definition) is 5. The van der Waals surface area contributed by atoms with Crippen molar-refractivity contribution >= 4 is 0 Å². The molecule has 0 aliphatic heterocycles. The van der Waals surface area contributed by atoms with Gasteiger partial charge < -0.3 is 10.3 Å².